The molecule has 0 heterocycles. The molecule has 0 radical (unpaired) electrons. The van der Waals surface area contributed by atoms with Crippen molar-refractivity contribution in [1.82, 2.24) is 0 Å². The lowest BCUT2D eigenvalue weighted by molar-refractivity contribution is 0.386. The molecule has 0 aromatic heterocycles. The smallest absolute Gasteiger partial charge is 0.167 e. The topological polar surface area (TPSA) is 21.3 Å². The maximum Gasteiger partial charge on any atom is 0.167 e. The van der Waals surface area contributed by atoms with Crippen LogP contribution in [0.25, 0.3) is 0 Å². The van der Waals surface area contributed by atoms with Crippen molar-refractivity contribution in [3.63, 3.8) is 0 Å². The minimum absolute atomic E-state index is 0.0602. The average molecular weight is 280 g/mol. The molecular formula is C15H15ClFNO. The molecule has 2 rings (SSSR count). The summed E-state index contributed by atoms with van der Waals surface area (Å²) in [7, 11) is 1.45. The van der Waals surface area contributed by atoms with Crippen molar-refractivity contribution in [3.8, 4) is 5.75 Å². The Morgan fingerprint density at radius 2 is 1.84 bits per heavy atom. The van der Waals surface area contributed by atoms with Crippen LogP contribution in [0.2, 0.25) is 5.02 Å². The van der Waals surface area contributed by atoms with Crippen molar-refractivity contribution in [2.45, 2.75) is 13.0 Å². The molecule has 0 bridgehead atoms. The molecule has 0 aliphatic carbocycles. The molecule has 0 saturated heterocycles. The molecule has 2 aromatic carbocycles. The minimum atomic E-state index is -0.379. The average Bonchev–Trinajstić information content (AvgIpc) is 2.39. The fourth-order valence-corrected chi connectivity index (χ4v) is 1.97. The van der Waals surface area contributed by atoms with E-state index in [4.69, 9.17) is 16.3 Å². The van der Waals surface area contributed by atoms with Gasteiger partial charge >= 0.3 is 0 Å². The Bertz CT molecular complexity index is 557. The monoisotopic (exact) mass is 279 g/mol. The van der Waals surface area contributed by atoms with Crippen LogP contribution in [-0.4, -0.2) is 7.11 Å². The third-order valence-corrected chi connectivity index (χ3v) is 3.16. The lowest BCUT2D eigenvalue weighted by atomic mass is 10.1. The number of hydrogen-bond donors (Lipinski definition) is 1. The number of benzene rings is 2. The second kappa shape index (κ2) is 5.93. The molecule has 0 aliphatic heterocycles. The summed E-state index contributed by atoms with van der Waals surface area (Å²) in [4.78, 5) is 0. The number of rotatable bonds is 4. The molecule has 100 valence electrons. The predicted octanol–water partition coefficient (Wildman–Crippen LogP) is 4.66. The zero-order valence-electron chi connectivity index (χ0n) is 10.8. The number of halogens is 2. The molecule has 2 aromatic rings. The van der Waals surface area contributed by atoms with Gasteiger partial charge in [-0.3, -0.25) is 0 Å². The lowest BCUT2D eigenvalue weighted by Crippen LogP contribution is -2.06. The van der Waals surface area contributed by atoms with Crippen LogP contribution in [0.5, 0.6) is 5.75 Å². The number of ether oxygens (including phenoxy) is 1. The fraction of sp³-hybridized carbons (Fsp3) is 0.200. The van der Waals surface area contributed by atoms with E-state index >= 15 is 0 Å². The van der Waals surface area contributed by atoms with E-state index in [1.165, 1.54) is 13.2 Å². The maximum atomic E-state index is 13.6. The zero-order chi connectivity index (χ0) is 13.8. The van der Waals surface area contributed by atoms with Gasteiger partial charge in [-0.05, 0) is 36.8 Å². The summed E-state index contributed by atoms with van der Waals surface area (Å²) < 4.78 is 18.5. The number of hydrogen-bond acceptors (Lipinski definition) is 2. The van der Waals surface area contributed by atoms with Gasteiger partial charge in [-0.25, -0.2) is 4.39 Å². The van der Waals surface area contributed by atoms with E-state index in [9.17, 15) is 4.39 Å². The summed E-state index contributed by atoms with van der Waals surface area (Å²) in [6.07, 6.45) is 0. The number of methoxy groups -OCH3 is 1. The normalized spacial score (nSPS) is 12.0. The van der Waals surface area contributed by atoms with Gasteiger partial charge in [0.15, 0.2) is 11.6 Å². The highest BCUT2D eigenvalue weighted by atomic mass is 35.5. The number of nitrogens with one attached hydrogen (secondary N) is 1. The summed E-state index contributed by atoms with van der Waals surface area (Å²) >= 11 is 5.85. The van der Waals surface area contributed by atoms with Crippen LogP contribution in [0.3, 0.4) is 0 Å². The van der Waals surface area contributed by atoms with Crippen molar-refractivity contribution in [2.75, 3.05) is 12.4 Å². The summed E-state index contributed by atoms with van der Waals surface area (Å²) in [6.45, 7) is 2.01. The Hall–Kier alpha value is -1.74. The van der Waals surface area contributed by atoms with Crippen molar-refractivity contribution < 1.29 is 9.13 Å². The summed E-state index contributed by atoms with van der Waals surface area (Å²) in [5, 5.41) is 3.93. The minimum Gasteiger partial charge on any atom is -0.494 e. The molecule has 2 nitrogen and oxygen atoms in total. The predicted molar refractivity (Wildman–Crippen MR) is 76.4 cm³/mol. The molecule has 1 unspecified atom stereocenters. The molecule has 0 fully saturated rings. The van der Waals surface area contributed by atoms with Gasteiger partial charge in [-0.2, -0.15) is 0 Å². The fourth-order valence-electron chi connectivity index (χ4n) is 1.84. The van der Waals surface area contributed by atoms with E-state index in [-0.39, 0.29) is 17.6 Å². The first-order valence-electron chi connectivity index (χ1n) is 5.95. The molecule has 1 N–H and O–H groups in total. The van der Waals surface area contributed by atoms with Gasteiger partial charge in [0.1, 0.15) is 0 Å². The zero-order valence-corrected chi connectivity index (χ0v) is 11.5. The van der Waals surface area contributed by atoms with Crippen LogP contribution < -0.4 is 10.1 Å². The van der Waals surface area contributed by atoms with Crippen LogP contribution in [0.1, 0.15) is 18.5 Å². The first-order valence-corrected chi connectivity index (χ1v) is 6.33. The Morgan fingerprint density at radius 3 is 2.42 bits per heavy atom. The van der Waals surface area contributed by atoms with Gasteiger partial charge in [0, 0.05) is 22.8 Å². The second-order valence-corrected chi connectivity index (χ2v) is 4.70. The molecule has 4 heteroatoms. The molecule has 0 saturated carbocycles. The lowest BCUT2D eigenvalue weighted by Gasteiger charge is -2.16. The van der Waals surface area contributed by atoms with E-state index in [1.54, 1.807) is 12.1 Å². The van der Waals surface area contributed by atoms with E-state index in [0.717, 1.165) is 5.56 Å². The van der Waals surface area contributed by atoms with E-state index in [0.29, 0.717) is 10.7 Å². The third kappa shape index (κ3) is 3.38. The van der Waals surface area contributed by atoms with Crippen LogP contribution in [0.15, 0.2) is 42.5 Å². The summed E-state index contributed by atoms with van der Waals surface area (Å²) in [5.41, 5.74) is 1.79. The van der Waals surface area contributed by atoms with Gasteiger partial charge in [0.25, 0.3) is 0 Å². The third-order valence-electron chi connectivity index (χ3n) is 2.90. The molecule has 0 spiro atoms. The van der Waals surface area contributed by atoms with Crippen LogP contribution >= 0.6 is 11.6 Å². The summed E-state index contributed by atoms with van der Waals surface area (Å²) in [5.74, 6) is -0.138. The Kier molecular flexibility index (Phi) is 4.27. The van der Waals surface area contributed by atoms with Gasteiger partial charge in [0.2, 0.25) is 0 Å². The Morgan fingerprint density at radius 1 is 1.16 bits per heavy atom. The molecule has 0 aliphatic rings. The van der Waals surface area contributed by atoms with E-state index < -0.39 is 0 Å². The van der Waals surface area contributed by atoms with Crippen molar-refractivity contribution in [1.29, 1.82) is 0 Å². The van der Waals surface area contributed by atoms with E-state index in [2.05, 4.69) is 5.32 Å². The van der Waals surface area contributed by atoms with Crippen molar-refractivity contribution >= 4 is 17.3 Å². The molecule has 19 heavy (non-hydrogen) atoms. The van der Waals surface area contributed by atoms with Crippen molar-refractivity contribution in [2.24, 2.45) is 0 Å². The maximum absolute atomic E-state index is 13.6. The van der Waals surface area contributed by atoms with Crippen LogP contribution in [-0.2, 0) is 0 Å². The highest BCUT2D eigenvalue weighted by Crippen LogP contribution is 2.25. The van der Waals surface area contributed by atoms with Gasteiger partial charge in [0.05, 0.1) is 7.11 Å². The highest BCUT2D eigenvalue weighted by molar-refractivity contribution is 6.30. The standard InChI is InChI=1S/C15H15ClFNO/c1-10(11-3-5-12(16)6-4-11)18-13-7-8-15(19-2)14(17)9-13/h3-10,18H,1-2H3. The molecule has 0 amide bonds. The Balaban J connectivity index is 2.12. The van der Waals surface area contributed by atoms with Gasteiger partial charge in [-0.15, -0.1) is 0 Å². The second-order valence-electron chi connectivity index (χ2n) is 4.27. The molecule has 1 atom stereocenters. The van der Waals surface area contributed by atoms with Crippen LogP contribution in [0.4, 0.5) is 10.1 Å². The number of anilines is 1. The first-order chi connectivity index (χ1) is 9.10. The highest BCUT2D eigenvalue weighted by Gasteiger charge is 2.08. The van der Waals surface area contributed by atoms with Gasteiger partial charge < -0.3 is 10.1 Å². The molecular weight excluding hydrogens is 265 g/mol. The quantitative estimate of drug-likeness (QED) is 0.879. The summed E-state index contributed by atoms with van der Waals surface area (Å²) in [6, 6.07) is 12.4. The van der Waals surface area contributed by atoms with Gasteiger partial charge in [-0.1, -0.05) is 23.7 Å². The van der Waals surface area contributed by atoms with E-state index in [1.807, 2.05) is 31.2 Å². The van der Waals surface area contributed by atoms with Crippen molar-refractivity contribution in [3.05, 3.63) is 58.9 Å². The first kappa shape index (κ1) is 13.7. The van der Waals surface area contributed by atoms with Crippen LogP contribution in [0, 0.1) is 5.82 Å². The largest absolute Gasteiger partial charge is 0.494 e. The Labute approximate surface area is 117 Å². The SMILES string of the molecule is COc1ccc(NC(C)c2ccc(Cl)cc2)cc1F.